The lowest BCUT2D eigenvalue weighted by Crippen LogP contribution is -1.94. The summed E-state index contributed by atoms with van der Waals surface area (Å²) < 4.78 is 5.75. The van der Waals surface area contributed by atoms with Crippen LogP contribution in [-0.2, 0) is 4.74 Å². The summed E-state index contributed by atoms with van der Waals surface area (Å²) in [5, 5.41) is 0. The molecule has 18 heavy (non-hydrogen) atoms. The highest BCUT2D eigenvalue weighted by molar-refractivity contribution is 4.84. The van der Waals surface area contributed by atoms with Crippen molar-refractivity contribution < 1.29 is 4.74 Å². The predicted octanol–water partition coefficient (Wildman–Crippen LogP) is 5.86. The molecule has 0 aromatic rings. The minimum absolute atomic E-state index is 0.641. The van der Waals surface area contributed by atoms with E-state index in [1.807, 2.05) is 0 Å². The monoisotopic (exact) mass is 254 g/mol. The second kappa shape index (κ2) is 10.8. The van der Waals surface area contributed by atoms with Crippen LogP contribution in [0.1, 0.15) is 97.3 Å². The molecule has 1 fully saturated rings. The zero-order valence-corrected chi connectivity index (χ0v) is 12.8. The van der Waals surface area contributed by atoms with Crippen molar-refractivity contribution in [3.05, 3.63) is 0 Å². The van der Waals surface area contributed by atoms with E-state index >= 15 is 0 Å². The first-order valence-electron chi connectivity index (χ1n) is 8.54. The van der Waals surface area contributed by atoms with Crippen molar-refractivity contribution in [3.63, 3.8) is 0 Å². The minimum atomic E-state index is 0.641. The molecule has 0 aromatic carbocycles. The molecule has 2 unspecified atom stereocenters. The van der Waals surface area contributed by atoms with Gasteiger partial charge in [0.15, 0.2) is 0 Å². The van der Waals surface area contributed by atoms with Crippen LogP contribution in [0.4, 0.5) is 0 Å². The highest BCUT2D eigenvalue weighted by atomic mass is 16.6. The predicted molar refractivity (Wildman–Crippen MR) is 80.0 cm³/mol. The van der Waals surface area contributed by atoms with Gasteiger partial charge in [-0.15, -0.1) is 0 Å². The highest BCUT2D eigenvalue weighted by Crippen LogP contribution is 2.31. The van der Waals surface area contributed by atoms with Gasteiger partial charge in [0.25, 0.3) is 0 Å². The van der Waals surface area contributed by atoms with Gasteiger partial charge in [-0.1, -0.05) is 84.5 Å². The molecule has 0 amide bonds. The Hall–Kier alpha value is -0.0400. The van der Waals surface area contributed by atoms with Gasteiger partial charge in [0.2, 0.25) is 0 Å². The SMILES string of the molecule is CCCCCCCCC1OC1CCCCCCC. The summed E-state index contributed by atoms with van der Waals surface area (Å²) in [6.07, 6.45) is 19.4. The molecular formula is C17H34O. The molecule has 0 saturated carbocycles. The first-order chi connectivity index (χ1) is 8.88. The lowest BCUT2D eigenvalue weighted by atomic mass is 10.0. The third-order valence-corrected chi connectivity index (χ3v) is 4.12. The van der Waals surface area contributed by atoms with Crippen molar-refractivity contribution in [1.29, 1.82) is 0 Å². The Kier molecular flexibility index (Phi) is 9.65. The van der Waals surface area contributed by atoms with Crippen molar-refractivity contribution in [3.8, 4) is 0 Å². The van der Waals surface area contributed by atoms with Crippen LogP contribution in [0.3, 0.4) is 0 Å². The summed E-state index contributed by atoms with van der Waals surface area (Å²) in [5.41, 5.74) is 0. The molecule has 0 aliphatic carbocycles. The molecule has 2 atom stereocenters. The Morgan fingerprint density at radius 2 is 0.944 bits per heavy atom. The van der Waals surface area contributed by atoms with Crippen LogP contribution < -0.4 is 0 Å². The second-order valence-corrected chi connectivity index (χ2v) is 5.97. The number of hydrogen-bond acceptors (Lipinski definition) is 1. The summed E-state index contributed by atoms with van der Waals surface area (Å²) in [4.78, 5) is 0. The molecule has 1 aliphatic heterocycles. The molecule has 0 spiro atoms. The van der Waals surface area contributed by atoms with Crippen LogP contribution in [0.15, 0.2) is 0 Å². The van der Waals surface area contributed by atoms with E-state index in [0.29, 0.717) is 12.2 Å². The Balaban J connectivity index is 1.77. The fourth-order valence-electron chi connectivity index (χ4n) is 2.76. The van der Waals surface area contributed by atoms with Crippen LogP contribution >= 0.6 is 0 Å². The molecule has 108 valence electrons. The molecule has 0 radical (unpaired) electrons. The van der Waals surface area contributed by atoms with Crippen LogP contribution in [0, 0.1) is 0 Å². The number of rotatable bonds is 13. The van der Waals surface area contributed by atoms with Crippen LogP contribution in [0.2, 0.25) is 0 Å². The van der Waals surface area contributed by atoms with E-state index in [-0.39, 0.29) is 0 Å². The number of hydrogen-bond donors (Lipinski definition) is 0. The van der Waals surface area contributed by atoms with Crippen molar-refractivity contribution >= 4 is 0 Å². The second-order valence-electron chi connectivity index (χ2n) is 5.97. The minimum Gasteiger partial charge on any atom is -0.370 e. The Labute approximate surface area is 115 Å². The van der Waals surface area contributed by atoms with E-state index in [1.54, 1.807) is 0 Å². The molecule has 1 heteroatoms. The summed E-state index contributed by atoms with van der Waals surface area (Å²) >= 11 is 0. The maximum absolute atomic E-state index is 5.75. The van der Waals surface area contributed by atoms with Gasteiger partial charge < -0.3 is 4.74 Å². The molecule has 1 saturated heterocycles. The zero-order chi connectivity index (χ0) is 13.1. The number of ether oxygens (including phenoxy) is 1. The van der Waals surface area contributed by atoms with Gasteiger partial charge in [0.05, 0.1) is 12.2 Å². The van der Waals surface area contributed by atoms with Gasteiger partial charge in [-0.25, -0.2) is 0 Å². The Morgan fingerprint density at radius 1 is 0.556 bits per heavy atom. The topological polar surface area (TPSA) is 12.5 Å². The van der Waals surface area contributed by atoms with Crippen molar-refractivity contribution in [2.75, 3.05) is 0 Å². The fraction of sp³-hybridized carbons (Fsp3) is 1.00. The third kappa shape index (κ3) is 8.13. The molecule has 1 aliphatic rings. The molecule has 0 N–H and O–H groups in total. The van der Waals surface area contributed by atoms with Gasteiger partial charge in [-0.05, 0) is 12.8 Å². The average Bonchev–Trinajstić information content (AvgIpc) is 3.12. The van der Waals surface area contributed by atoms with E-state index in [0.717, 1.165) is 0 Å². The van der Waals surface area contributed by atoms with E-state index in [1.165, 1.54) is 83.5 Å². The quantitative estimate of drug-likeness (QED) is 0.296. The average molecular weight is 254 g/mol. The van der Waals surface area contributed by atoms with E-state index in [4.69, 9.17) is 4.74 Å². The summed E-state index contributed by atoms with van der Waals surface area (Å²) in [7, 11) is 0. The van der Waals surface area contributed by atoms with Crippen molar-refractivity contribution in [1.82, 2.24) is 0 Å². The molecule has 0 aromatic heterocycles. The number of epoxide rings is 1. The van der Waals surface area contributed by atoms with Gasteiger partial charge >= 0.3 is 0 Å². The highest BCUT2D eigenvalue weighted by Gasteiger charge is 2.36. The fourth-order valence-corrected chi connectivity index (χ4v) is 2.76. The van der Waals surface area contributed by atoms with E-state index in [9.17, 15) is 0 Å². The maximum Gasteiger partial charge on any atom is 0.0841 e. The molecule has 1 heterocycles. The normalized spacial score (nSPS) is 22.3. The first kappa shape index (κ1) is 16.0. The van der Waals surface area contributed by atoms with Crippen LogP contribution in [-0.4, -0.2) is 12.2 Å². The van der Waals surface area contributed by atoms with Gasteiger partial charge in [-0.3, -0.25) is 0 Å². The van der Waals surface area contributed by atoms with E-state index < -0.39 is 0 Å². The smallest absolute Gasteiger partial charge is 0.0841 e. The molecular weight excluding hydrogens is 220 g/mol. The number of unbranched alkanes of at least 4 members (excludes halogenated alkanes) is 9. The Morgan fingerprint density at radius 3 is 1.39 bits per heavy atom. The first-order valence-corrected chi connectivity index (χ1v) is 8.54. The molecule has 1 nitrogen and oxygen atoms in total. The summed E-state index contributed by atoms with van der Waals surface area (Å²) in [6, 6.07) is 0. The van der Waals surface area contributed by atoms with Crippen LogP contribution in [0.5, 0.6) is 0 Å². The molecule has 1 rings (SSSR count). The summed E-state index contributed by atoms with van der Waals surface area (Å²) in [6.45, 7) is 4.56. The van der Waals surface area contributed by atoms with Gasteiger partial charge in [0.1, 0.15) is 0 Å². The van der Waals surface area contributed by atoms with Gasteiger partial charge in [-0.2, -0.15) is 0 Å². The maximum atomic E-state index is 5.75. The third-order valence-electron chi connectivity index (χ3n) is 4.12. The zero-order valence-electron chi connectivity index (χ0n) is 12.8. The lowest BCUT2D eigenvalue weighted by Gasteiger charge is -1.99. The lowest BCUT2D eigenvalue weighted by molar-refractivity contribution is 0.347. The van der Waals surface area contributed by atoms with Crippen molar-refractivity contribution in [2.45, 2.75) is 110 Å². The van der Waals surface area contributed by atoms with Crippen molar-refractivity contribution in [2.24, 2.45) is 0 Å². The largest absolute Gasteiger partial charge is 0.370 e. The summed E-state index contributed by atoms with van der Waals surface area (Å²) in [5.74, 6) is 0. The van der Waals surface area contributed by atoms with Crippen LogP contribution in [0.25, 0.3) is 0 Å². The van der Waals surface area contributed by atoms with Gasteiger partial charge in [0, 0.05) is 0 Å². The molecule has 0 bridgehead atoms. The van der Waals surface area contributed by atoms with E-state index in [2.05, 4.69) is 13.8 Å². The standard InChI is InChI=1S/C17H34O/c1-3-5-7-9-11-13-15-17-16(18-17)14-12-10-8-6-4-2/h16-17H,3-15H2,1-2H3. The Bertz CT molecular complexity index is 178.